The molecule has 1 N–H and O–H groups in total. The summed E-state index contributed by atoms with van der Waals surface area (Å²) in [5.74, 6) is 1.07. The summed E-state index contributed by atoms with van der Waals surface area (Å²) in [6.07, 6.45) is 3.20. The lowest BCUT2D eigenvalue weighted by molar-refractivity contribution is -0.136. The fraction of sp³-hybridized carbons (Fsp3) is 0.600. The molecule has 1 fully saturated rings. The number of amides is 1. The zero-order valence-electron chi connectivity index (χ0n) is 13.3. The predicted octanol–water partition coefficient (Wildman–Crippen LogP) is 0.181. The lowest BCUT2D eigenvalue weighted by atomic mass is 9.95. The van der Waals surface area contributed by atoms with Gasteiger partial charge in [-0.25, -0.2) is 0 Å². The van der Waals surface area contributed by atoms with Crippen molar-refractivity contribution in [3.8, 4) is 0 Å². The average Bonchev–Trinajstić information content (AvgIpc) is 3.07. The molecule has 0 aliphatic carbocycles. The van der Waals surface area contributed by atoms with Gasteiger partial charge in [0.05, 0.1) is 6.61 Å². The maximum atomic E-state index is 12.5. The summed E-state index contributed by atoms with van der Waals surface area (Å²) in [6.45, 7) is 4.62. The molecule has 1 saturated heterocycles. The molecule has 8 nitrogen and oxygen atoms in total. The molecule has 23 heavy (non-hydrogen) atoms. The molecule has 0 radical (unpaired) electrons. The Hall–Kier alpha value is -2.22. The van der Waals surface area contributed by atoms with Crippen LogP contribution in [-0.4, -0.2) is 68.5 Å². The SMILES string of the molecule is CCN(CCO)C(=O)C1CCN(c2ccc3nncn3n2)CC1. The first-order valence-electron chi connectivity index (χ1n) is 8.04. The van der Waals surface area contributed by atoms with Crippen LogP contribution in [0.3, 0.4) is 0 Å². The minimum Gasteiger partial charge on any atom is -0.395 e. The van der Waals surface area contributed by atoms with Crippen LogP contribution in [0.25, 0.3) is 5.65 Å². The van der Waals surface area contributed by atoms with Gasteiger partial charge in [-0.1, -0.05) is 0 Å². The highest BCUT2D eigenvalue weighted by molar-refractivity contribution is 5.79. The van der Waals surface area contributed by atoms with Gasteiger partial charge in [-0.2, -0.15) is 4.52 Å². The van der Waals surface area contributed by atoms with Gasteiger partial charge in [-0.05, 0) is 31.9 Å². The normalized spacial score (nSPS) is 16.0. The van der Waals surface area contributed by atoms with Gasteiger partial charge in [-0.3, -0.25) is 4.79 Å². The molecule has 0 spiro atoms. The Morgan fingerprint density at radius 1 is 1.39 bits per heavy atom. The van der Waals surface area contributed by atoms with Gasteiger partial charge in [0.2, 0.25) is 5.91 Å². The molecule has 0 bridgehead atoms. The van der Waals surface area contributed by atoms with E-state index in [0.29, 0.717) is 13.1 Å². The van der Waals surface area contributed by atoms with E-state index in [1.54, 1.807) is 15.7 Å². The van der Waals surface area contributed by atoms with E-state index in [-0.39, 0.29) is 18.4 Å². The van der Waals surface area contributed by atoms with E-state index in [2.05, 4.69) is 20.2 Å². The molecule has 0 unspecified atom stereocenters. The molecule has 8 heteroatoms. The summed E-state index contributed by atoms with van der Waals surface area (Å²) < 4.78 is 1.66. The third-order valence-electron chi connectivity index (χ3n) is 4.38. The first kappa shape index (κ1) is 15.7. The number of carbonyl (C=O) groups is 1. The number of carbonyl (C=O) groups excluding carboxylic acids is 1. The Morgan fingerprint density at radius 2 is 2.17 bits per heavy atom. The maximum Gasteiger partial charge on any atom is 0.225 e. The van der Waals surface area contributed by atoms with Crippen LogP contribution in [0.15, 0.2) is 18.5 Å². The van der Waals surface area contributed by atoms with Crippen molar-refractivity contribution in [3.63, 3.8) is 0 Å². The number of hydrogen-bond donors (Lipinski definition) is 1. The van der Waals surface area contributed by atoms with Crippen molar-refractivity contribution in [2.45, 2.75) is 19.8 Å². The number of nitrogens with zero attached hydrogens (tertiary/aromatic N) is 6. The molecule has 2 aromatic rings. The Bertz CT molecular complexity index is 665. The highest BCUT2D eigenvalue weighted by Gasteiger charge is 2.28. The molecule has 2 aromatic heterocycles. The standard InChI is InChI=1S/C15H22N6O2/c1-2-19(9-10-22)15(23)12-5-7-20(8-6-12)14-4-3-13-17-16-11-21(13)18-14/h3-4,11-12,22H,2,5-10H2,1H3. The van der Waals surface area contributed by atoms with Gasteiger partial charge in [-0.15, -0.1) is 15.3 Å². The summed E-state index contributed by atoms with van der Waals surface area (Å²) in [4.78, 5) is 16.4. The van der Waals surface area contributed by atoms with Crippen LogP contribution < -0.4 is 4.90 Å². The molecule has 3 rings (SSSR count). The van der Waals surface area contributed by atoms with Gasteiger partial charge in [0.15, 0.2) is 5.65 Å². The van der Waals surface area contributed by atoms with Gasteiger partial charge >= 0.3 is 0 Å². The van der Waals surface area contributed by atoms with Crippen LogP contribution in [0.4, 0.5) is 5.82 Å². The van der Waals surface area contributed by atoms with Crippen molar-refractivity contribution in [1.82, 2.24) is 24.7 Å². The maximum absolute atomic E-state index is 12.5. The number of hydrogen-bond acceptors (Lipinski definition) is 6. The van der Waals surface area contributed by atoms with E-state index in [1.807, 2.05) is 19.1 Å². The van der Waals surface area contributed by atoms with Crippen molar-refractivity contribution < 1.29 is 9.90 Å². The van der Waals surface area contributed by atoms with Crippen LogP contribution in [0.1, 0.15) is 19.8 Å². The van der Waals surface area contributed by atoms with Gasteiger partial charge in [0.25, 0.3) is 0 Å². The van der Waals surface area contributed by atoms with E-state index < -0.39 is 0 Å². The van der Waals surface area contributed by atoms with Crippen LogP contribution in [0, 0.1) is 5.92 Å². The predicted molar refractivity (Wildman–Crippen MR) is 85.1 cm³/mol. The smallest absolute Gasteiger partial charge is 0.225 e. The monoisotopic (exact) mass is 318 g/mol. The first-order chi connectivity index (χ1) is 11.2. The summed E-state index contributed by atoms with van der Waals surface area (Å²) in [5, 5.41) is 21.3. The number of aliphatic hydroxyl groups excluding tert-OH is 1. The first-order valence-corrected chi connectivity index (χ1v) is 8.04. The van der Waals surface area contributed by atoms with Crippen molar-refractivity contribution in [3.05, 3.63) is 18.5 Å². The fourth-order valence-corrected chi connectivity index (χ4v) is 3.05. The second-order valence-electron chi connectivity index (χ2n) is 5.73. The Balaban J connectivity index is 1.62. The van der Waals surface area contributed by atoms with E-state index in [0.717, 1.165) is 37.4 Å². The zero-order chi connectivity index (χ0) is 16.2. The van der Waals surface area contributed by atoms with E-state index in [4.69, 9.17) is 5.11 Å². The topological polar surface area (TPSA) is 86.9 Å². The second-order valence-corrected chi connectivity index (χ2v) is 5.73. The molecule has 0 aromatic carbocycles. The fourth-order valence-electron chi connectivity index (χ4n) is 3.05. The largest absolute Gasteiger partial charge is 0.395 e. The van der Waals surface area contributed by atoms with Gasteiger partial charge < -0.3 is 14.9 Å². The summed E-state index contributed by atoms with van der Waals surface area (Å²) in [5.41, 5.74) is 0.724. The molecule has 1 aliphatic heterocycles. The molecule has 3 heterocycles. The Labute approximate surface area is 134 Å². The highest BCUT2D eigenvalue weighted by Crippen LogP contribution is 2.23. The summed E-state index contributed by atoms with van der Waals surface area (Å²) in [7, 11) is 0. The lowest BCUT2D eigenvalue weighted by Gasteiger charge is -2.34. The summed E-state index contributed by atoms with van der Waals surface area (Å²) in [6, 6.07) is 3.84. The second kappa shape index (κ2) is 6.91. The van der Waals surface area contributed by atoms with Gasteiger partial charge in [0.1, 0.15) is 12.1 Å². The third-order valence-corrected chi connectivity index (χ3v) is 4.38. The Kier molecular flexibility index (Phi) is 4.71. The van der Waals surface area contributed by atoms with E-state index in [9.17, 15) is 4.79 Å². The van der Waals surface area contributed by atoms with Crippen molar-refractivity contribution in [2.24, 2.45) is 5.92 Å². The Morgan fingerprint density at radius 3 is 2.87 bits per heavy atom. The lowest BCUT2D eigenvalue weighted by Crippen LogP contribution is -2.43. The number of likely N-dealkylation sites (N-methyl/N-ethyl adjacent to an activating group) is 1. The van der Waals surface area contributed by atoms with Crippen molar-refractivity contribution >= 4 is 17.4 Å². The van der Waals surface area contributed by atoms with E-state index >= 15 is 0 Å². The van der Waals surface area contributed by atoms with Crippen LogP contribution >= 0.6 is 0 Å². The molecular weight excluding hydrogens is 296 g/mol. The zero-order valence-corrected chi connectivity index (χ0v) is 13.3. The average molecular weight is 318 g/mol. The van der Waals surface area contributed by atoms with Gasteiger partial charge in [0, 0.05) is 32.1 Å². The van der Waals surface area contributed by atoms with Crippen LogP contribution in [0.5, 0.6) is 0 Å². The minimum absolute atomic E-state index is 0.0152. The number of anilines is 1. The number of aliphatic hydroxyl groups is 1. The molecule has 0 saturated carbocycles. The minimum atomic E-state index is 0.0152. The van der Waals surface area contributed by atoms with Crippen molar-refractivity contribution in [1.29, 1.82) is 0 Å². The molecule has 124 valence electrons. The quantitative estimate of drug-likeness (QED) is 0.846. The molecule has 0 atom stereocenters. The third kappa shape index (κ3) is 3.26. The number of rotatable bonds is 5. The molecule has 1 aliphatic rings. The number of aromatic nitrogens is 4. The highest BCUT2D eigenvalue weighted by atomic mass is 16.3. The van der Waals surface area contributed by atoms with Crippen molar-refractivity contribution in [2.75, 3.05) is 37.7 Å². The van der Waals surface area contributed by atoms with Crippen LogP contribution in [-0.2, 0) is 4.79 Å². The molecule has 1 amide bonds. The van der Waals surface area contributed by atoms with E-state index in [1.165, 1.54) is 0 Å². The van der Waals surface area contributed by atoms with Crippen LogP contribution in [0.2, 0.25) is 0 Å². The number of fused-ring (bicyclic) bond motifs is 1. The number of piperidine rings is 1. The molecular formula is C15H22N6O2. The summed E-state index contributed by atoms with van der Waals surface area (Å²) >= 11 is 0.